The average molecular weight is 497 g/mol. The number of hydrogen-bond donors (Lipinski definition) is 1. The third-order valence-corrected chi connectivity index (χ3v) is 6.24. The zero-order valence-corrected chi connectivity index (χ0v) is 19.5. The Hall–Kier alpha value is -4.22. The second-order valence-corrected chi connectivity index (χ2v) is 8.81. The molecule has 5 rings (SSSR count). The van der Waals surface area contributed by atoms with Crippen LogP contribution < -0.4 is 5.73 Å². The van der Waals surface area contributed by atoms with Gasteiger partial charge in [-0.15, -0.1) is 0 Å². The van der Waals surface area contributed by atoms with E-state index in [1.165, 1.54) is 23.1 Å². The zero-order valence-electron chi connectivity index (χ0n) is 19.5. The molecule has 0 aliphatic heterocycles. The molecule has 0 spiro atoms. The number of carbonyl (C=O) groups is 2. The highest BCUT2D eigenvalue weighted by Gasteiger charge is 2.36. The second-order valence-electron chi connectivity index (χ2n) is 8.81. The predicted octanol–water partition coefficient (Wildman–Crippen LogP) is 3.54. The number of anilines is 1. The summed E-state index contributed by atoms with van der Waals surface area (Å²) in [5.74, 6) is -0.585. The molecule has 1 aliphatic rings. The van der Waals surface area contributed by atoms with Crippen LogP contribution in [0, 0.1) is 5.92 Å². The molecule has 0 bridgehead atoms. The average Bonchev–Trinajstić information content (AvgIpc) is 3.62. The summed E-state index contributed by atoms with van der Waals surface area (Å²) in [7, 11) is 3.24. The standard InChI is InChI=1S/C24H22F3N7O2/c1-32-20-16-9-15(6-7-18(16)31-21(28)17(20)11-30-32)23(36)34(33(2)22(35)14-4-5-14)12-13-3-8-19(29-10-13)24(25,26)27/h3,6-11,14H,4-5,12H2,1-2H3,(H2,28,31). The summed E-state index contributed by atoms with van der Waals surface area (Å²) in [5, 5.41) is 7.99. The molecule has 0 saturated heterocycles. The van der Waals surface area contributed by atoms with Gasteiger partial charge in [-0.25, -0.2) is 9.99 Å². The number of fused-ring (bicyclic) bond motifs is 3. The van der Waals surface area contributed by atoms with E-state index in [1.807, 2.05) is 0 Å². The number of aromatic nitrogens is 4. The van der Waals surface area contributed by atoms with E-state index in [2.05, 4.69) is 15.1 Å². The summed E-state index contributed by atoms with van der Waals surface area (Å²) in [6, 6.07) is 6.99. The van der Waals surface area contributed by atoms with Crippen LogP contribution in [-0.2, 0) is 24.6 Å². The number of benzene rings is 1. The van der Waals surface area contributed by atoms with Crippen molar-refractivity contribution in [1.82, 2.24) is 29.8 Å². The van der Waals surface area contributed by atoms with Crippen molar-refractivity contribution >= 4 is 39.4 Å². The molecule has 2 N–H and O–H groups in total. The Kier molecular flexibility index (Phi) is 5.53. The van der Waals surface area contributed by atoms with Crippen molar-refractivity contribution in [2.45, 2.75) is 25.6 Å². The van der Waals surface area contributed by atoms with E-state index in [1.54, 1.807) is 36.1 Å². The maximum atomic E-state index is 13.7. The number of aryl methyl sites for hydroxylation is 1. The molecule has 12 heteroatoms. The van der Waals surface area contributed by atoms with Crippen molar-refractivity contribution < 1.29 is 22.8 Å². The van der Waals surface area contributed by atoms with Crippen LogP contribution in [0.5, 0.6) is 0 Å². The van der Waals surface area contributed by atoms with Crippen molar-refractivity contribution in [3.05, 3.63) is 59.5 Å². The van der Waals surface area contributed by atoms with Gasteiger partial charge in [0.15, 0.2) is 0 Å². The summed E-state index contributed by atoms with van der Waals surface area (Å²) >= 11 is 0. The van der Waals surface area contributed by atoms with Crippen LogP contribution in [0.4, 0.5) is 19.0 Å². The van der Waals surface area contributed by atoms with Gasteiger partial charge >= 0.3 is 6.18 Å². The molecule has 1 aliphatic carbocycles. The maximum Gasteiger partial charge on any atom is 0.433 e. The number of amides is 2. The van der Waals surface area contributed by atoms with Gasteiger partial charge in [0.2, 0.25) is 5.91 Å². The number of carbonyl (C=O) groups excluding carboxylic acids is 2. The first-order chi connectivity index (χ1) is 17.0. The fraction of sp³-hybridized carbons (Fsp3) is 0.292. The van der Waals surface area contributed by atoms with Crippen LogP contribution >= 0.6 is 0 Å². The van der Waals surface area contributed by atoms with E-state index in [-0.39, 0.29) is 23.9 Å². The Morgan fingerprint density at radius 2 is 1.89 bits per heavy atom. The van der Waals surface area contributed by atoms with E-state index in [0.717, 1.165) is 25.1 Å². The Morgan fingerprint density at radius 1 is 1.14 bits per heavy atom. The van der Waals surface area contributed by atoms with Crippen molar-refractivity contribution in [1.29, 1.82) is 0 Å². The fourth-order valence-corrected chi connectivity index (χ4v) is 4.13. The minimum Gasteiger partial charge on any atom is -0.383 e. The lowest BCUT2D eigenvalue weighted by Gasteiger charge is -2.32. The highest BCUT2D eigenvalue weighted by Crippen LogP contribution is 2.33. The predicted molar refractivity (Wildman–Crippen MR) is 125 cm³/mol. The van der Waals surface area contributed by atoms with Crippen molar-refractivity contribution in [3.8, 4) is 0 Å². The molecule has 1 saturated carbocycles. The monoisotopic (exact) mass is 497 g/mol. The second kappa shape index (κ2) is 8.47. The molecule has 1 fully saturated rings. The summed E-state index contributed by atoms with van der Waals surface area (Å²) in [6.07, 6.45) is -0.460. The molecule has 3 aromatic heterocycles. The smallest absolute Gasteiger partial charge is 0.383 e. The number of hydrogen-bond acceptors (Lipinski definition) is 6. The molecule has 3 heterocycles. The van der Waals surface area contributed by atoms with Gasteiger partial charge in [-0.1, -0.05) is 6.07 Å². The number of nitrogens with zero attached hydrogens (tertiary/aromatic N) is 6. The lowest BCUT2D eigenvalue weighted by molar-refractivity contribution is -0.144. The lowest BCUT2D eigenvalue weighted by atomic mass is 10.1. The number of rotatable bonds is 4. The molecule has 2 amide bonds. The first kappa shape index (κ1) is 23.5. The lowest BCUT2D eigenvalue weighted by Crippen LogP contribution is -2.47. The summed E-state index contributed by atoms with van der Waals surface area (Å²) in [6.45, 7) is -0.141. The third kappa shape index (κ3) is 4.18. The molecular weight excluding hydrogens is 475 g/mol. The van der Waals surface area contributed by atoms with Crippen molar-refractivity contribution in [2.75, 3.05) is 12.8 Å². The molecule has 0 radical (unpaired) electrons. The van der Waals surface area contributed by atoms with E-state index >= 15 is 0 Å². The van der Waals surface area contributed by atoms with E-state index < -0.39 is 17.8 Å². The van der Waals surface area contributed by atoms with Gasteiger partial charge in [0.1, 0.15) is 11.5 Å². The van der Waals surface area contributed by atoms with E-state index in [0.29, 0.717) is 33.2 Å². The van der Waals surface area contributed by atoms with Crippen molar-refractivity contribution in [2.24, 2.45) is 13.0 Å². The number of alkyl halides is 3. The molecule has 0 atom stereocenters. The number of nitrogen functional groups attached to an aromatic ring is 1. The van der Waals surface area contributed by atoms with Crippen LogP contribution in [0.1, 0.15) is 34.5 Å². The molecule has 1 aromatic carbocycles. The van der Waals surface area contributed by atoms with Gasteiger partial charge in [-0.3, -0.25) is 24.3 Å². The van der Waals surface area contributed by atoms with Gasteiger partial charge in [0.25, 0.3) is 5.91 Å². The van der Waals surface area contributed by atoms with Crippen LogP contribution in [0.25, 0.3) is 21.8 Å². The molecule has 9 nitrogen and oxygen atoms in total. The Bertz CT molecular complexity index is 1490. The number of nitrogens with two attached hydrogens (primary N) is 1. The van der Waals surface area contributed by atoms with Gasteiger partial charge in [0, 0.05) is 37.2 Å². The van der Waals surface area contributed by atoms with Gasteiger partial charge in [-0.2, -0.15) is 18.3 Å². The van der Waals surface area contributed by atoms with Crippen LogP contribution in [0.2, 0.25) is 0 Å². The summed E-state index contributed by atoms with van der Waals surface area (Å²) in [4.78, 5) is 34.4. The molecule has 186 valence electrons. The van der Waals surface area contributed by atoms with Crippen LogP contribution in [0.15, 0.2) is 42.7 Å². The Morgan fingerprint density at radius 3 is 2.53 bits per heavy atom. The third-order valence-electron chi connectivity index (χ3n) is 6.24. The first-order valence-electron chi connectivity index (χ1n) is 11.2. The topological polar surface area (TPSA) is 110 Å². The SMILES string of the molecule is CN(C(=O)C1CC1)N(Cc1ccc(C(F)(F)F)nc1)C(=O)c1ccc2nc(N)c3cnn(C)c3c2c1. The maximum absolute atomic E-state index is 13.7. The fourth-order valence-electron chi connectivity index (χ4n) is 4.13. The van der Waals surface area contributed by atoms with Crippen molar-refractivity contribution in [3.63, 3.8) is 0 Å². The number of halogens is 3. The van der Waals surface area contributed by atoms with Gasteiger partial charge < -0.3 is 5.73 Å². The van der Waals surface area contributed by atoms with Crippen LogP contribution in [-0.4, -0.2) is 48.6 Å². The van der Waals surface area contributed by atoms with Gasteiger partial charge in [0.05, 0.1) is 29.2 Å². The number of pyridine rings is 2. The van der Waals surface area contributed by atoms with E-state index in [9.17, 15) is 22.8 Å². The Balaban J connectivity index is 1.53. The first-order valence-corrected chi connectivity index (χ1v) is 11.2. The minimum absolute atomic E-state index is 0.141. The molecular formula is C24H22F3N7O2. The minimum atomic E-state index is -4.58. The number of hydrazine groups is 1. The highest BCUT2D eigenvalue weighted by atomic mass is 19.4. The molecule has 36 heavy (non-hydrogen) atoms. The highest BCUT2D eigenvalue weighted by molar-refractivity contribution is 6.10. The largest absolute Gasteiger partial charge is 0.433 e. The zero-order chi connectivity index (χ0) is 25.8. The quantitative estimate of drug-likeness (QED) is 0.432. The van der Waals surface area contributed by atoms with E-state index in [4.69, 9.17) is 5.73 Å². The van der Waals surface area contributed by atoms with Crippen LogP contribution in [0.3, 0.4) is 0 Å². The summed E-state index contributed by atoms with van der Waals surface area (Å²) in [5.41, 5.74) is 6.90. The molecule has 0 unspecified atom stereocenters. The van der Waals surface area contributed by atoms with Gasteiger partial charge in [-0.05, 0) is 42.7 Å². The normalized spacial score (nSPS) is 13.8. The Labute approximate surface area is 203 Å². The molecule has 4 aromatic rings. The summed E-state index contributed by atoms with van der Waals surface area (Å²) < 4.78 is 40.4.